The predicted octanol–water partition coefficient (Wildman–Crippen LogP) is -0.850. The van der Waals surface area contributed by atoms with Crippen LogP contribution in [0.25, 0.3) is 0 Å². The zero-order chi connectivity index (χ0) is 13.4. The maximum Gasteiger partial charge on any atom is 0.328 e. The first-order valence-electron chi connectivity index (χ1n) is 5.57. The second kappa shape index (κ2) is 4.28. The van der Waals surface area contributed by atoms with Crippen LogP contribution in [0.1, 0.15) is 13.8 Å². The number of carbonyl (C=O) groups is 2. The number of amides is 3. The van der Waals surface area contributed by atoms with E-state index in [9.17, 15) is 9.59 Å². The number of hydrazone groups is 1. The van der Waals surface area contributed by atoms with E-state index in [2.05, 4.69) is 20.8 Å². The average molecular weight is 252 g/mol. The van der Waals surface area contributed by atoms with E-state index in [1.165, 1.54) is 11.9 Å². The van der Waals surface area contributed by atoms with E-state index in [1.54, 1.807) is 7.05 Å². The van der Waals surface area contributed by atoms with Gasteiger partial charge in [-0.3, -0.25) is 9.69 Å². The van der Waals surface area contributed by atoms with Crippen molar-refractivity contribution in [3.8, 4) is 0 Å². The lowest BCUT2D eigenvalue weighted by molar-refractivity contribution is -0.133. The van der Waals surface area contributed by atoms with E-state index in [0.29, 0.717) is 5.96 Å². The number of guanidine groups is 1. The number of likely N-dealkylation sites (N-methyl/N-ethyl adjacent to an activating group) is 2. The lowest BCUT2D eigenvalue weighted by Crippen LogP contribution is -2.63. The van der Waals surface area contributed by atoms with Crippen LogP contribution in [0.5, 0.6) is 0 Å². The quantitative estimate of drug-likeness (QED) is 0.470. The highest BCUT2D eigenvalue weighted by Crippen LogP contribution is 2.19. The van der Waals surface area contributed by atoms with E-state index in [0.717, 1.165) is 10.6 Å². The van der Waals surface area contributed by atoms with E-state index < -0.39 is 12.2 Å². The van der Waals surface area contributed by atoms with Gasteiger partial charge in [0.25, 0.3) is 5.91 Å². The molecule has 0 aromatic rings. The fraction of sp³-hybridized carbons (Fsp3) is 0.600. The summed E-state index contributed by atoms with van der Waals surface area (Å²) < 4.78 is 0. The van der Waals surface area contributed by atoms with Gasteiger partial charge in [-0.25, -0.2) is 15.2 Å². The second-order valence-electron chi connectivity index (χ2n) is 4.47. The van der Waals surface area contributed by atoms with Crippen LogP contribution in [0.2, 0.25) is 0 Å². The van der Waals surface area contributed by atoms with Crippen molar-refractivity contribution in [2.75, 3.05) is 14.1 Å². The highest BCUT2D eigenvalue weighted by molar-refractivity contribution is 6.03. The molecule has 98 valence electrons. The van der Waals surface area contributed by atoms with Crippen molar-refractivity contribution in [1.82, 2.24) is 20.5 Å². The normalized spacial score (nSPS) is 26.6. The van der Waals surface area contributed by atoms with Crippen LogP contribution in [0.15, 0.2) is 10.1 Å². The number of fused-ring (bicyclic) bond motifs is 1. The molecule has 1 fully saturated rings. The number of nitrogens with zero attached hydrogens (tertiary/aromatic N) is 4. The molecule has 1 saturated heterocycles. The summed E-state index contributed by atoms with van der Waals surface area (Å²) in [5.74, 6) is 0.107. The topological polar surface area (TPSA) is 89.4 Å². The average Bonchev–Trinajstić information content (AvgIpc) is 2.75. The minimum atomic E-state index is -0.549. The van der Waals surface area contributed by atoms with Gasteiger partial charge in [-0.15, -0.1) is 0 Å². The Labute approximate surface area is 105 Å². The highest BCUT2D eigenvalue weighted by Gasteiger charge is 2.46. The van der Waals surface area contributed by atoms with Crippen LogP contribution in [0.4, 0.5) is 4.79 Å². The SMILES string of the molecule is CC(C)=NNC1=N[C@@H]2[C@@H](N1)C(=O)N(C)C(=O)N2C. The molecular weight excluding hydrogens is 236 g/mol. The maximum absolute atomic E-state index is 11.9. The summed E-state index contributed by atoms with van der Waals surface area (Å²) in [5, 5.41) is 6.92. The van der Waals surface area contributed by atoms with Gasteiger partial charge in [0.05, 0.1) is 0 Å². The number of urea groups is 1. The molecule has 2 aliphatic heterocycles. The Bertz CT molecular complexity index is 453. The molecule has 2 heterocycles. The van der Waals surface area contributed by atoms with Gasteiger partial charge in [-0.2, -0.15) is 5.10 Å². The van der Waals surface area contributed by atoms with Gasteiger partial charge in [0, 0.05) is 19.8 Å². The molecule has 2 atom stereocenters. The van der Waals surface area contributed by atoms with Crippen molar-refractivity contribution in [3.63, 3.8) is 0 Å². The lowest BCUT2D eigenvalue weighted by Gasteiger charge is -2.36. The number of carbonyl (C=O) groups excluding carboxylic acids is 2. The molecule has 3 amide bonds. The van der Waals surface area contributed by atoms with Gasteiger partial charge < -0.3 is 10.2 Å². The third-order valence-electron chi connectivity index (χ3n) is 2.82. The highest BCUT2D eigenvalue weighted by atomic mass is 16.2. The van der Waals surface area contributed by atoms with E-state index >= 15 is 0 Å². The maximum atomic E-state index is 11.9. The van der Waals surface area contributed by atoms with Gasteiger partial charge in [0.1, 0.15) is 6.04 Å². The van der Waals surface area contributed by atoms with E-state index in [4.69, 9.17) is 0 Å². The van der Waals surface area contributed by atoms with Crippen LogP contribution in [0, 0.1) is 0 Å². The zero-order valence-electron chi connectivity index (χ0n) is 10.8. The molecule has 2 aliphatic rings. The molecule has 0 aromatic heterocycles. The summed E-state index contributed by atoms with van der Waals surface area (Å²) in [7, 11) is 3.07. The van der Waals surface area contributed by atoms with Gasteiger partial charge in [0.15, 0.2) is 6.17 Å². The molecule has 0 unspecified atom stereocenters. The Kier molecular flexibility index (Phi) is 2.93. The van der Waals surface area contributed by atoms with Crippen molar-refractivity contribution in [1.29, 1.82) is 0 Å². The molecule has 0 radical (unpaired) electrons. The van der Waals surface area contributed by atoms with Crippen molar-refractivity contribution in [3.05, 3.63) is 0 Å². The Hall–Kier alpha value is -2.12. The number of imide groups is 1. The summed E-state index contributed by atoms with van der Waals surface area (Å²) in [6, 6.07) is -0.907. The Balaban J connectivity index is 2.18. The summed E-state index contributed by atoms with van der Waals surface area (Å²) in [4.78, 5) is 30.4. The number of hydrogen-bond acceptors (Lipinski definition) is 6. The van der Waals surface area contributed by atoms with Gasteiger partial charge >= 0.3 is 6.03 Å². The Morgan fingerprint density at radius 1 is 1.39 bits per heavy atom. The third kappa shape index (κ3) is 1.89. The summed E-state index contributed by atoms with van der Waals surface area (Å²) >= 11 is 0. The number of rotatable bonds is 1. The predicted molar refractivity (Wildman–Crippen MR) is 66.0 cm³/mol. The minimum Gasteiger partial charge on any atom is -0.340 e. The van der Waals surface area contributed by atoms with Crippen LogP contribution >= 0.6 is 0 Å². The molecular formula is C10H16N6O2. The largest absolute Gasteiger partial charge is 0.340 e. The van der Waals surface area contributed by atoms with Crippen molar-refractivity contribution < 1.29 is 9.59 Å². The van der Waals surface area contributed by atoms with Gasteiger partial charge in [0.2, 0.25) is 5.96 Å². The molecule has 0 bridgehead atoms. The first kappa shape index (κ1) is 12.3. The smallest absolute Gasteiger partial charge is 0.328 e. The molecule has 8 heteroatoms. The molecule has 18 heavy (non-hydrogen) atoms. The first-order chi connectivity index (χ1) is 8.41. The number of aliphatic imine (C=N–C) groups is 1. The first-order valence-corrected chi connectivity index (χ1v) is 5.57. The van der Waals surface area contributed by atoms with E-state index in [-0.39, 0.29) is 11.9 Å². The van der Waals surface area contributed by atoms with Crippen LogP contribution in [-0.4, -0.2) is 59.7 Å². The fourth-order valence-electron chi connectivity index (χ4n) is 1.84. The monoisotopic (exact) mass is 252 g/mol. The van der Waals surface area contributed by atoms with Crippen LogP contribution < -0.4 is 10.7 Å². The molecule has 0 spiro atoms. The van der Waals surface area contributed by atoms with Gasteiger partial charge in [-0.05, 0) is 13.8 Å². The molecule has 0 saturated carbocycles. The summed E-state index contributed by atoms with van der Waals surface area (Å²) in [6.07, 6.45) is -0.518. The summed E-state index contributed by atoms with van der Waals surface area (Å²) in [5.41, 5.74) is 3.56. The molecule has 0 aromatic carbocycles. The molecule has 8 nitrogen and oxygen atoms in total. The van der Waals surface area contributed by atoms with Gasteiger partial charge in [-0.1, -0.05) is 0 Å². The Morgan fingerprint density at radius 2 is 2.06 bits per heavy atom. The number of hydrogen-bond donors (Lipinski definition) is 2. The lowest BCUT2D eigenvalue weighted by atomic mass is 10.1. The standard InChI is InChI=1S/C10H16N6O2/c1-5(2)13-14-9-11-6-7(12-9)15(3)10(18)16(4)8(6)17/h6-7H,1-4H3,(H2,11,12,14)/t6-,7+/m1/s1. The van der Waals surface area contributed by atoms with Crippen LogP contribution in [-0.2, 0) is 4.79 Å². The van der Waals surface area contributed by atoms with Crippen molar-refractivity contribution in [2.24, 2.45) is 10.1 Å². The third-order valence-corrected chi connectivity index (χ3v) is 2.82. The van der Waals surface area contributed by atoms with E-state index in [1.807, 2.05) is 13.8 Å². The van der Waals surface area contributed by atoms with Crippen molar-refractivity contribution >= 4 is 23.6 Å². The second-order valence-corrected chi connectivity index (χ2v) is 4.47. The zero-order valence-corrected chi connectivity index (χ0v) is 10.8. The molecule has 2 N–H and O–H groups in total. The molecule has 0 aliphatic carbocycles. The molecule has 2 rings (SSSR count). The number of nitrogens with one attached hydrogen (secondary N) is 2. The van der Waals surface area contributed by atoms with Crippen LogP contribution in [0.3, 0.4) is 0 Å². The minimum absolute atomic E-state index is 0.291. The van der Waals surface area contributed by atoms with Crippen molar-refractivity contribution in [2.45, 2.75) is 26.1 Å². The summed E-state index contributed by atoms with van der Waals surface area (Å²) in [6.45, 7) is 3.67. The fourth-order valence-corrected chi connectivity index (χ4v) is 1.84. The Morgan fingerprint density at radius 3 is 2.67 bits per heavy atom.